The quantitative estimate of drug-likeness (QED) is 0.821. The van der Waals surface area contributed by atoms with E-state index < -0.39 is 5.54 Å². The predicted molar refractivity (Wildman–Crippen MR) is 85.8 cm³/mol. The first-order valence-electron chi connectivity index (χ1n) is 5.91. The van der Waals surface area contributed by atoms with E-state index in [1.165, 1.54) is 0 Å². The molecule has 2 aromatic carbocycles. The summed E-state index contributed by atoms with van der Waals surface area (Å²) < 4.78 is 1.06. The van der Waals surface area contributed by atoms with Gasteiger partial charge in [0.05, 0.1) is 0 Å². The first-order chi connectivity index (χ1) is 9.00. The molecule has 0 fully saturated rings. The molecule has 19 heavy (non-hydrogen) atoms. The summed E-state index contributed by atoms with van der Waals surface area (Å²) in [6.07, 6.45) is 0. The van der Waals surface area contributed by atoms with E-state index in [0.717, 1.165) is 14.8 Å². The standard InChI is InChI=1S/C15H15IN2O/c1-15(17,11-6-3-2-4-7-11)14(19)18-13-9-5-8-12(16)10-13/h2-10H,17H2,1H3,(H,18,19). The van der Waals surface area contributed by atoms with Crippen molar-refractivity contribution in [2.45, 2.75) is 12.5 Å². The SMILES string of the molecule is CC(N)(C(=O)Nc1cccc(I)c1)c1ccccc1. The highest BCUT2D eigenvalue weighted by Crippen LogP contribution is 2.20. The van der Waals surface area contributed by atoms with Gasteiger partial charge in [-0.1, -0.05) is 36.4 Å². The number of amides is 1. The highest BCUT2D eigenvalue weighted by molar-refractivity contribution is 14.1. The van der Waals surface area contributed by atoms with Crippen LogP contribution < -0.4 is 11.1 Å². The van der Waals surface area contributed by atoms with Crippen LogP contribution in [-0.4, -0.2) is 5.91 Å². The van der Waals surface area contributed by atoms with Crippen LogP contribution >= 0.6 is 22.6 Å². The van der Waals surface area contributed by atoms with Gasteiger partial charge in [-0.25, -0.2) is 0 Å². The average molecular weight is 366 g/mol. The predicted octanol–water partition coefficient (Wildman–Crippen LogP) is 3.10. The normalized spacial score (nSPS) is 13.6. The van der Waals surface area contributed by atoms with E-state index in [1.807, 2.05) is 54.6 Å². The number of rotatable bonds is 3. The fourth-order valence-corrected chi connectivity index (χ4v) is 2.29. The van der Waals surface area contributed by atoms with Crippen molar-refractivity contribution in [3.63, 3.8) is 0 Å². The number of carbonyl (C=O) groups is 1. The Kier molecular flexibility index (Phi) is 4.21. The molecular formula is C15H15IN2O. The van der Waals surface area contributed by atoms with Crippen LogP contribution in [0.25, 0.3) is 0 Å². The molecule has 0 aliphatic heterocycles. The van der Waals surface area contributed by atoms with Crippen molar-refractivity contribution in [3.8, 4) is 0 Å². The van der Waals surface area contributed by atoms with E-state index in [-0.39, 0.29) is 5.91 Å². The van der Waals surface area contributed by atoms with Crippen molar-refractivity contribution in [1.29, 1.82) is 0 Å². The van der Waals surface area contributed by atoms with Gasteiger partial charge in [0.15, 0.2) is 0 Å². The second-order valence-electron chi connectivity index (χ2n) is 4.53. The van der Waals surface area contributed by atoms with E-state index in [0.29, 0.717) is 0 Å². The molecule has 0 bridgehead atoms. The van der Waals surface area contributed by atoms with Crippen LogP contribution in [0.3, 0.4) is 0 Å². The summed E-state index contributed by atoms with van der Waals surface area (Å²) in [4.78, 5) is 12.3. The summed E-state index contributed by atoms with van der Waals surface area (Å²) in [5.41, 5.74) is 6.64. The Bertz CT molecular complexity index is 582. The summed E-state index contributed by atoms with van der Waals surface area (Å²) >= 11 is 2.20. The molecule has 2 aromatic rings. The molecule has 0 saturated carbocycles. The van der Waals surface area contributed by atoms with Crippen molar-refractivity contribution in [2.24, 2.45) is 5.73 Å². The summed E-state index contributed by atoms with van der Waals surface area (Å²) in [7, 11) is 0. The van der Waals surface area contributed by atoms with E-state index >= 15 is 0 Å². The molecule has 0 heterocycles. The zero-order chi connectivity index (χ0) is 13.9. The van der Waals surface area contributed by atoms with E-state index in [2.05, 4.69) is 27.9 Å². The van der Waals surface area contributed by atoms with Gasteiger partial charge in [0.2, 0.25) is 5.91 Å². The fraction of sp³-hybridized carbons (Fsp3) is 0.133. The van der Waals surface area contributed by atoms with E-state index in [4.69, 9.17) is 5.73 Å². The van der Waals surface area contributed by atoms with Crippen molar-refractivity contribution in [2.75, 3.05) is 5.32 Å². The van der Waals surface area contributed by atoms with Crippen LogP contribution in [0.2, 0.25) is 0 Å². The summed E-state index contributed by atoms with van der Waals surface area (Å²) in [5, 5.41) is 2.85. The zero-order valence-electron chi connectivity index (χ0n) is 10.6. The highest BCUT2D eigenvalue weighted by atomic mass is 127. The number of nitrogens with two attached hydrogens (primary N) is 1. The molecule has 0 aliphatic carbocycles. The zero-order valence-corrected chi connectivity index (χ0v) is 12.7. The van der Waals surface area contributed by atoms with Gasteiger partial charge in [-0.15, -0.1) is 0 Å². The van der Waals surface area contributed by atoms with Gasteiger partial charge in [0.25, 0.3) is 0 Å². The summed E-state index contributed by atoms with van der Waals surface area (Å²) in [6.45, 7) is 1.71. The van der Waals surface area contributed by atoms with Gasteiger partial charge in [0.1, 0.15) is 5.54 Å². The van der Waals surface area contributed by atoms with Crippen LogP contribution in [-0.2, 0) is 10.3 Å². The first-order valence-corrected chi connectivity index (χ1v) is 6.99. The highest BCUT2D eigenvalue weighted by Gasteiger charge is 2.30. The molecule has 3 N–H and O–H groups in total. The topological polar surface area (TPSA) is 55.1 Å². The maximum Gasteiger partial charge on any atom is 0.248 e. The molecular weight excluding hydrogens is 351 g/mol. The minimum atomic E-state index is -1.05. The van der Waals surface area contributed by atoms with Crippen LogP contribution in [0.1, 0.15) is 12.5 Å². The minimum Gasteiger partial charge on any atom is -0.324 e. The number of benzene rings is 2. The lowest BCUT2D eigenvalue weighted by Crippen LogP contribution is -2.45. The smallest absolute Gasteiger partial charge is 0.248 e. The van der Waals surface area contributed by atoms with Crippen molar-refractivity contribution < 1.29 is 4.79 Å². The third kappa shape index (κ3) is 3.33. The van der Waals surface area contributed by atoms with Gasteiger partial charge in [-0.05, 0) is 53.3 Å². The molecule has 0 saturated heterocycles. The first kappa shape index (κ1) is 14.0. The summed E-state index contributed by atoms with van der Waals surface area (Å²) in [5.74, 6) is -0.222. The molecule has 4 heteroatoms. The Balaban J connectivity index is 2.20. The minimum absolute atomic E-state index is 0.222. The Morgan fingerprint density at radius 1 is 1.16 bits per heavy atom. The lowest BCUT2D eigenvalue weighted by atomic mass is 9.92. The van der Waals surface area contributed by atoms with E-state index in [9.17, 15) is 4.79 Å². The number of hydrogen-bond acceptors (Lipinski definition) is 2. The number of hydrogen-bond donors (Lipinski definition) is 2. The molecule has 0 aliphatic rings. The molecule has 98 valence electrons. The average Bonchev–Trinajstić information content (AvgIpc) is 2.39. The maximum atomic E-state index is 12.3. The molecule has 1 amide bonds. The van der Waals surface area contributed by atoms with Gasteiger partial charge >= 0.3 is 0 Å². The third-order valence-electron chi connectivity index (χ3n) is 2.93. The monoisotopic (exact) mass is 366 g/mol. The van der Waals surface area contributed by atoms with Gasteiger partial charge in [0, 0.05) is 9.26 Å². The van der Waals surface area contributed by atoms with Gasteiger partial charge < -0.3 is 11.1 Å². The van der Waals surface area contributed by atoms with Crippen LogP contribution in [0.4, 0.5) is 5.69 Å². The number of carbonyl (C=O) groups excluding carboxylic acids is 1. The van der Waals surface area contributed by atoms with Crippen molar-refractivity contribution >= 4 is 34.2 Å². The largest absolute Gasteiger partial charge is 0.324 e. The van der Waals surface area contributed by atoms with Crippen molar-refractivity contribution in [3.05, 3.63) is 63.7 Å². The molecule has 1 unspecified atom stereocenters. The fourth-order valence-electron chi connectivity index (χ4n) is 1.74. The molecule has 0 radical (unpaired) electrons. The molecule has 3 nitrogen and oxygen atoms in total. The van der Waals surface area contributed by atoms with Gasteiger partial charge in [-0.2, -0.15) is 0 Å². The lowest BCUT2D eigenvalue weighted by molar-refractivity contribution is -0.120. The maximum absolute atomic E-state index is 12.3. The van der Waals surface area contributed by atoms with Crippen LogP contribution in [0.15, 0.2) is 54.6 Å². The Hall–Kier alpha value is -1.40. The van der Waals surface area contributed by atoms with Crippen LogP contribution in [0.5, 0.6) is 0 Å². The Morgan fingerprint density at radius 3 is 2.47 bits per heavy atom. The number of nitrogens with one attached hydrogen (secondary N) is 1. The van der Waals surface area contributed by atoms with Crippen LogP contribution in [0, 0.1) is 3.57 Å². The van der Waals surface area contributed by atoms with Gasteiger partial charge in [-0.3, -0.25) is 4.79 Å². The lowest BCUT2D eigenvalue weighted by Gasteiger charge is -2.24. The Morgan fingerprint density at radius 2 is 1.84 bits per heavy atom. The summed E-state index contributed by atoms with van der Waals surface area (Å²) in [6, 6.07) is 17.0. The molecule has 2 rings (SSSR count). The number of halogens is 1. The van der Waals surface area contributed by atoms with Crippen molar-refractivity contribution in [1.82, 2.24) is 0 Å². The number of anilines is 1. The Labute approximate surface area is 126 Å². The third-order valence-corrected chi connectivity index (χ3v) is 3.60. The molecule has 0 spiro atoms. The second-order valence-corrected chi connectivity index (χ2v) is 5.78. The molecule has 0 aromatic heterocycles. The second kappa shape index (κ2) is 5.71. The van der Waals surface area contributed by atoms with E-state index in [1.54, 1.807) is 6.92 Å². The molecule has 1 atom stereocenters.